The highest BCUT2D eigenvalue weighted by Crippen LogP contribution is 2.31. The Kier molecular flexibility index (Phi) is 7.73. The van der Waals surface area contributed by atoms with Crippen LogP contribution in [0, 0.1) is 0 Å². The Morgan fingerprint density at radius 1 is 1.12 bits per heavy atom. The first-order valence-electron chi connectivity index (χ1n) is 7.91. The van der Waals surface area contributed by atoms with Gasteiger partial charge in [0, 0.05) is 18.7 Å². The van der Waals surface area contributed by atoms with E-state index in [-0.39, 0.29) is 6.54 Å². The van der Waals surface area contributed by atoms with Crippen molar-refractivity contribution in [3.8, 4) is 11.5 Å². The fourth-order valence-electron chi connectivity index (χ4n) is 2.00. The van der Waals surface area contributed by atoms with E-state index in [2.05, 4.69) is 16.0 Å². The second kappa shape index (κ2) is 10.3. The molecule has 0 aliphatic rings. The summed E-state index contributed by atoms with van der Waals surface area (Å²) < 4.78 is 10.6. The van der Waals surface area contributed by atoms with Crippen LogP contribution in [0.3, 0.4) is 0 Å². The second-order valence-electron chi connectivity index (χ2n) is 5.21. The molecule has 0 heterocycles. The predicted molar refractivity (Wildman–Crippen MR) is 99.9 cm³/mol. The minimum Gasteiger partial charge on any atom is -0.455 e. The Bertz CT molecular complexity index is 740. The molecule has 0 aliphatic carbocycles. The van der Waals surface area contributed by atoms with E-state index < -0.39 is 11.9 Å². The fourth-order valence-corrected chi connectivity index (χ4v) is 2.17. The molecule has 3 N–H and O–H groups in total. The van der Waals surface area contributed by atoms with E-state index in [4.69, 9.17) is 21.1 Å². The molecule has 2 aromatic carbocycles. The number of methoxy groups -OCH3 is 1. The van der Waals surface area contributed by atoms with Crippen LogP contribution in [0.4, 0.5) is 10.5 Å². The highest BCUT2D eigenvalue weighted by molar-refractivity contribution is 6.31. The van der Waals surface area contributed by atoms with Crippen LogP contribution >= 0.6 is 11.6 Å². The van der Waals surface area contributed by atoms with Gasteiger partial charge in [0.1, 0.15) is 5.75 Å². The fraction of sp³-hybridized carbons (Fsp3) is 0.222. The van der Waals surface area contributed by atoms with Gasteiger partial charge in [0.05, 0.1) is 18.8 Å². The number of nitrogens with one attached hydrogen (secondary N) is 3. The quantitative estimate of drug-likeness (QED) is 0.615. The number of hydrogen-bond acceptors (Lipinski definition) is 5. The van der Waals surface area contributed by atoms with Crippen LogP contribution in [0.1, 0.15) is 0 Å². The number of anilines is 1. The molecule has 2 rings (SSSR count). The van der Waals surface area contributed by atoms with Crippen LogP contribution in [0.15, 0.2) is 48.5 Å². The largest absolute Gasteiger partial charge is 0.455 e. The summed E-state index contributed by atoms with van der Waals surface area (Å²) in [5.74, 6) is 0.670. The molecule has 0 unspecified atom stereocenters. The number of benzene rings is 2. The third kappa shape index (κ3) is 6.62. The summed E-state index contributed by atoms with van der Waals surface area (Å²) in [6, 6.07) is 13.7. The Hall–Kier alpha value is -2.77. The number of imide groups is 1. The minimum absolute atomic E-state index is 0.122. The number of ether oxygens (including phenoxy) is 2. The lowest BCUT2D eigenvalue weighted by Crippen LogP contribution is -2.42. The highest BCUT2D eigenvalue weighted by atomic mass is 35.5. The summed E-state index contributed by atoms with van der Waals surface area (Å²) in [5.41, 5.74) is 0.538. The molecule has 8 heteroatoms. The maximum atomic E-state index is 11.9. The Labute approximate surface area is 156 Å². The maximum Gasteiger partial charge on any atom is 0.321 e. The first-order chi connectivity index (χ1) is 12.6. The van der Waals surface area contributed by atoms with Crippen LogP contribution in [0.5, 0.6) is 11.5 Å². The van der Waals surface area contributed by atoms with Crippen LogP contribution in [0.2, 0.25) is 5.02 Å². The van der Waals surface area contributed by atoms with Gasteiger partial charge in [-0.3, -0.25) is 10.1 Å². The number of hydrogen-bond donors (Lipinski definition) is 3. The summed E-state index contributed by atoms with van der Waals surface area (Å²) in [4.78, 5) is 23.4. The van der Waals surface area contributed by atoms with Gasteiger partial charge in [-0.15, -0.1) is 0 Å². The minimum atomic E-state index is -0.583. The van der Waals surface area contributed by atoms with E-state index in [9.17, 15) is 9.59 Å². The van der Waals surface area contributed by atoms with Gasteiger partial charge >= 0.3 is 6.03 Å². The zero-order chi connectivity index (χ0) is 18.8. The lowest BCUT2D eigenvalue weighted by molar-refractivity contribution is -0.118. The van der Waals surface area contributed by atoms with E-state index in [1.54, 1.807) is 18.2 Å². The number of urea groups is 1. The zero-order valence-electron chi connectivity index (χ0n) is 14.3. The molecule has 26 heavy (non-hydrogen) atoms. The summed E-state index contributed by atoms with van der Waals surface area (Å²) in [6.45, 7) is 0.554. The molecule has 7 nitrogen and oxygen atoms in total. The molecule has 2 aromatic rings. The molecule has 0 fully saturated rings. The molecule has 3 amide bonds. The van der Waals surface area contributed by atoms with Crippen molar-refractivity contribution in [3.05, 3.63) is 53.6 Å². The molecule has 0 aromatic heterocycles. The lowest BCUT2D eigenvalue weighted by atomic mass is 10.2. The van der Waals surface area contributed by atoms with E-state index >= 15 is 0 Å². The zero-order valence-corrected chi connectivity index (χ0v) is 15.0. The number of carbonyl (C=O) groups is 2. The SMILES string of the molecule is COCCNC(=O)NC(=O)CNc1cc(Cl)ccc1Oc1ccccc1. The van der Waals surface area contributed by atoms with Crippen molar-refractivity contribution < 1.29 is 19.1 Å². The van der Waals surface area contributed by atoms with Gasteiger partial charge in [0.25, 0.3) is 0 Å². The van der Waals surface area contributed by atoms with E-state index in [1.165, 1.54) is 7.11 Å². The lowest BCUT2D eigenvalue weighted by Gasteiger charge is -2.13. The van der Waals surface area contributed by atoms with Gasteiger partial charge < -0.3 is 20.1 Å². The molecule has 0 saturated carbocycles. The van der Waals surface area contributed by atoms with Gasteiger partial charge in [0.15, 0.2) is 5.75 Å². The number of halogens is 1. The summed E-state index contributed by atoms with van der Waals surface area (Å²) in [5, 5.41) is 8.12. The second-order valence-corrected chi connectivity index (χ2v) is 5.64. The highest BCUT2D eigenvalue weighted by Gasteiger charge is 2.10. The topological polar surface area (TPSA) is 88.7 Å². The van der Waals surface area contributed by atoms with Crippen molar-refractivity contribution in [1.82, 2.24) is 10.6 Å². The molecule has 0 bridgehead atoms. The first kappa shape index (κ1) is 19.6. The monoisotopic (exact) mass is 377 g/mol. The van der Waals surface area contributed by atoms with Crippen molar-refractivity contribution in [1.29, 1.82) is 0 Å². The smallest absolute Gasteiger partial charge is 0.321 e. The van der Waals surface area contributed by atoms with Crippen molar-refractivity contribution in [3.63, 3.8) is 0 Å². The summed E-state index contributed by atoms with van der Waals surface area (Å²) in [6.07, 6.45) is 0. The molecule has 0 aliphatic heterocycles. The number of carbonyl (C=O) groups excluding carboxylic acids is 2. The molecule has 0 saturated heterocycles. The Morgan fingerprint density at radius 2 is 1.88 bits per heavy atom. The molecular formula is C18H20ClN3O4. The molecule has 0 radical (unpaired) electrons. The Balaban J connectivity index is 1.93. The number of amides is 3. The normalized spacial score (nSPS) is 10.1. The van der Waals surface area contributed by atoms with Crippen molar-refractivity contribution in [2.24, 2.45) is 0 Å². The van der Waals surface area contributed by atoms with Crippen molar-refractivity contribution >= 4 is 29.2 Å². The number of rotatable bonds is 8. The third-order valence-corrected chi connectivity index (χ3v) is 3.43. The van der Waals surface area contributed by atoms with E-state index in [0.717, 1.165) is 0 Å². The summed E-state index contributed by atoms with van der Waals surface area (Å²) >= 11 is 6.02. The van der Waals surface area contributed by atoms with E-state index in [0.29, 0.717) is 35.4 Å². The predicted octanol–water partition coefficient (Wildman–Crippen LogP) is 3.02. The number of para-hydroxylation sites is 1. The van der Waals surface area contributed by atoms with Crippen LogP contribution in [-0.2, 0) is 9.53 Å². The van der Waals surface area contributed by atoms with Gasteiger partial charge in [-0.25, -0.2) is 4.79 Å². The Morgan fingerprint density at radius 3 is 2.62 bits per heavy atom. The van der Waals surface area contributed by atoms with Crippen molar-refractivity contribution in [2.45, 2.75) is 0 Å². The molecule has 138 valence electrons. The van der Waals surface area contributed by atoms with Gasteiger partial charge in [0.2, 0.25) is 5.91 Å². The third-order valence-electron chi connectivity index (χ3n) is 3.20. The molecular weight excluding hydrogens is 358 g/mol. The van der Waals surface area contributed by atoms with Crippen LogP contribution in [0.25, 0.3) is 0 Å². The van der Waals surface area contributed by atoms with Crippen LogP contribution < -0.4 is 20.7 Å². The summed E-state index contributed by atoms with van der Waals surface area (Å²) in [7, 11) is 1.52. The van der Waals surface area contributed by atoms with Gasteiger partial charge in [-0.2, -0.15) is 0 Å². The van der Waals surface area contributed by atoms with Crippen LogP contribution in [-0.4, -0.2) is 38.7 Å². The van der Waals surface area contributed by atoms with Crippen molar-refractivity contribution in [2.75, 3.05) is 32.1 Å². The van der Waals surface area contributed by atoms with Gasteiger partial charge in [-0.1, -0.05) is 29.8 Å². The molecule has 0 atom stereocenters. The van der Waals surface area contributed by atoms with Gasteiger partial charge in [-0.05, 0) is 30.3 Å². The molecule has 0 spiro atoms. The van der Waals surface area contributed by atoms with E-state index in [1.807, 2.05) is 30.3 Å². The average Bonchev–Trinajstić information content (AvgIpc) is 2.63. The maximum absolute atomic E-state index is 11.9. The standard InChI is InChI=1S/C18H20ClN3O4/c1-25-10-9-20-18(24)22-17(23)12-21-15-11-13(19)7-8-16(15)26-14-5-3-2-4-6-14/h2-8,11,21H,9-10,12H2,1H3,(H2,20,22,23,24). The first-order valence-corrected chi connectivity index (χ1v) is 8.29. The average molecular weight is 378 g/mol.